The summed E-state index contributed by atoms with van der Waals surface area (Å²) in [6.45, 7) is 2.88. The molecule has 0 aromatic carbocycles. The summed E-state index contributed by atoms with van der Waals surface area (Å²) < 4.78 is 5.27. The van der Waals surface area contributed by atoms with E-state index in [-0.39, 0.29) is 0 Å². The van der Waals surface area contributed by atoms with Crippen molar-refractivity contribution in [3.63, 3.8) is 0 Å². The third kappa shape index (κ3) is 3.20. The van der Waals surface area contributed by atoms with Crippen LogP contribution in [0.25, 0.3) is 0 Å². The van der Waals surface area contributed by atoms with Crippen LogP contribution >= 0.6 is 11.3 Å². The number of hydrogen-bond acceptors (Lipinski definition) is 4. The number of thiophene rings is 1. The molecule has 4 heteroatoms. The van der Waals surface area contributed by atoms with Gasteiger partial charge in [0.2, 0.25) is 0 Å². The van der Waals surface area contributed by atoms with Gasteiger partial charge in [0.15, 0.2) is 5.75 Å². The molecule has 2 aromatic heterocycles. The molecule has 0 saturated heterocycles. The van der Waals surface area contributed by atoms with E-state index >= 15 is 0 Å². The van der Waals surface area contributed by atoms with Crippen molar-refractivity contribution in [1.82, 2.24) is 4.98 Å². The van der Waals surface area contributed by atoms with Crippen LogP contribution in [0.1, 0.15) is 11.3 Å². The highest BCUT2D eigenvalue weighted by Crippen LogP contribution is 2.23. The number of rotatable bonds is 5. The molecule has 0 radical (unpaired) electrons. The predicted octanol–water partition coefficient (Wildman–Crippen LogP) is 3.11. The molecule has 2 heterocycles. The summed E-state index contributed by atoms with van der Waals surface area (Å²) in [6.07, 6.45) is 2.77. The van der Waals surface area contributed by atoms with Crippen molar-refractivity contribution in [2.24, 2.45) is 0 Å². The molecule has 3 nitrogen and oxygen atoms in total. The summed E-state index contributed by atoms with van der Waals surface area (Å²) in [7, 11) is 1.66. The first-order valence-corrected chi connectivity index (χ1v) is 6.49. The van der Waals surface area contributed by atoms with Gasteiger partial charge in [0.05, 0.1) is 19.0 Å². The second-order valence-electron chi connectivity index (χ2n) is 3.83. The fourth-order valence-electron chi connectivity index (χ4n) is 1.62. The number of aromatic nitrogens is 1. The number of pyridine rings is 1. The molecule has 90 valence electrons. The number of hydrogen-bond donors (Lipinski definition) is 1. The first-order chi connectivity index (χ1) is 8.29. The van der Waals surface area contributed by atoms with E-state index in [1.807, 2.05) is 13.0 Å². The Bertz CT molecular complexity index is 468. The maximum atomic E-state index is 5.27. The third-order valence-corrected chi connectivity index (χ3v) is 3.27. The number of methoxy groups -OCH3 is 1. The van der Waals surface area contributed by atoms with Crippen LogP contribution in [-0.4, -0.2) is 18.6 Å². The second-order valence-corrected chi connectivity index (χ2v) is 4.61. The largest absolute Gasteiger partial charge is 0.493 e. The minimum Gasteiger partial charge on any atom is -0.493 e. The standard InChI is InChI=1S/C13H16N2OS/c1-10-7-12(13(16-2)8-15-10)14-5-3-11-4-6-17-9-11/h4,6-9H,3,5H2,1-2H3,(H,14,15). The highest BCUT2D eigenvalue weighted by atomic mass is 32.1. The van der Waals surface area contributed by atoms with E-state index in [0.717, 1.165) is 30.1 Å². The first-order valence-electron chi connectivity index (χ1n) is 5.55. The van der Waals surface area contributed by atoms with Gasteiger partial charge in [0, 0.05) is 12.2 Å². The smallest absolute Gasteiger partial charge is 0.160 e. The molecule has 0 atom stereocenters. The molecule has 0 unspecified atom stereocenters. The summed E-state index contributed by atoms with van der Waals surface area (Å²) in [5.41, 5.74) is 3.37. The highest BCUT2D eigenvalue weighted by Gasteiger charge is 2.03. The first kappa shape index (κ1) is 11.9. The van der Waals surface area contributed by atoms with Gasteiger partial charge in [0.1, 0.15) is 0 Å². The van der Waals surface area contributed by atoms with Gasteiger partial charge < -0.3 is 10.1 Å². The minimum absolute atomic E-state index is 0.793. The van der Waals surface area contributed by atoms with Crippen LogP contribution in [0.15, 0.2) is 29.1 Å². The number of nitrogens with one attached hydrogen (secondary N) is 1. The van der Waals surface area contributed by atoms with Crippen molar-refractivity contribution < 1.29 is 4.74 Å². The van der Waals surface area contributed by atoms with Gasteiger partial charge in [-0.3, -0.25) is 4.98 Å². The van der Waals surface area contributed by atoms with E-state index in [1.165, 1.54) is 5.56 Å². The fraction of sp³-hybridized carbons (Fsp3) is 0.308. The number of ether oxygens (including phenoxy) is 1. The SMILES string of the molecule is COc1cnc(C)cc1NCCc1ccsc1. The Balaban J connectivity index is 1.96. The maximum absolute atomic E-state index is 5.27. The molecule has 0 bridgehead atoms. The average molecular weight is 248 g/mol. The summed E-state index contributed by atoms with van der Waals surface area (Å²) in [5.74, 6) is 0.793. The fourth-order valence-corrected chi connectivity index (χ4v) is 2.33. The van der Waals surface area contributed by atoms with Crippen molar-refractivity contribution >= 4 is 17.0 Å². The molecule has 0 aliphatic rings. The van der Waals surface area contributed by atoms with Crippen LogP contribution in [-0.2, 0) is 6.42 Å². The zero-order valence-corrected chi connectivity index (χ0v) is 10.9. The number of anilines is 1. The zero-order chi connectivity index (χ0) is 12.1. The normalized spacial score (nSPS) is 10.2. The van der Waals surface area contributed by atoms with Gasteiger partial charge in [-0.1, -0.05) is 0 Å². The average Bonchev–Trinajstić information content (AvgIpc) is 2.82. The molecule has 2 rings (SSSR count). The maximum Gasteiger partial charge on any atom is 0.160 e. The number of nitrogens with zero attached hydrogens (tertiary/aromatic N) is 1. The van der Waals surface area contributed by atoms with Gasteiger partial charge in [0.25, 0.3) is 0 Å². The van der Waals surface area contributed by atoms with Crippen LogP contribution < -0.4 is 10.1 Å². The lowest BCUT2D eigenvalue weighted by Gasteiger charge is -2.10. The molecule has 0 aliphatic carbocycles. The van der Waals surface area contributed by atoms with Crippen molar-refractivity contribution in [3.05, 3.63) is 40.3 Å². The third-order valence-electron chi connectivity index (χ3n) is 2.53. The molecule has 0 aliphatic heterocycles. The topological polar surface area (TPSA) is 34.1 Å². The molecule has 0 amide bonds. The second kappa shape index (κ2) is 5.68. The summed E-state index contributed by atoms with van der Waals surface area (Å²) in [6, 6.07) is 4.16. The van der Waals surface area contributed by atoms with Crippen molar-refractivity contribution in [3.8, 4) is 5.75 Å². The Hall–Kier alpha value is -1.55. The Labute approximate surface area is 105 Å². The molecular formula is C13H16N2OS. The molecular weight excluding hydrogens is 232 g/mol. The van der Waals surface area contributed by atoms with Crippen LogP contribution in [0.5, 0.6) is 5.75 Å². The molecule has 17 heavy (non-hydrogen) atoms. The molecule has 2 aromatic rings. The molecule has 1 N–H and O–H groups in total. The minimum atomic E-state index is 0.793. The van der Waals surface area contributed by atoms with Crippen molar-refractivity contribution in [2.45, 2.75) is 13.3 Å². The molecule has 0 saturated carbocycles. The Kier molecular flexibility index (Phi) is 3.98. The van der Waals surface area contributed by atoms with E-state index in [9.17, 15) is 0 Å². The molecule has 0 spiro atoms. The quantitative estimate of drug-likeness (QED) is 0.882. The summed E-state index contributed by atoms with van der Waals surface area (Å²) >= 11 is 1.73. The zero-order valence-electron chi connectivity index (χ0n) is 10.1. The Morgan fingerprint density at radius 1 is 1.47 bits per heavy atom. The van der Waals surface area contributed by atoms with E-state index in [0.29, 0.717) is 0 Å². The van der Waals surface area contributed by atoms with E-state index < -0.39 is 0 Å². The van der Waals surface area contributed by atoms with Crippen LogP contribution in [0.3, 0.4) is 0 Å². The van der Waals surface area contributed by atoms with Gasteiger partial charge in [-0.05, 0) is 41.8 Å². The van der Waals surface area contributed by atoms with Crippen molar-refractivity contribution in [2.75, 3.05) is 19.0 Å². The monoisotopic (exact) mass is 248 g/mol. The highest BCUT2D eigenvalue weighted by molar-refractivity contribution is 7.07. The van der Waals surface area contributed by atoms with Crippen LogP contribution in [0.2, 0.25) is 0 Å². The van der Waals surface area contributed by atoms with Gasteiger partial charge >= 0.3 is 0 Å². The van der Waals surface area contributed by atoms with Crippen molar-refractivity contribution in [1.29, 1.82) is 0 Å². The lowest BCUT2D eigenvalue weighted by atomic mass is 10.2. The van der Waals surface area contributed by atoms with E-state index in [4.69, 9.17) is 4.74 Å². The van der Waals surface area contributed by atoms with Crippen LogP contribution in [0.4, 0.5) is 5.69 Å². The Morgan fingerprint density at radius 2 is 2.35 bits per heavy atom. The predicted molar refractivity (Wildman–Crippen MR) is 72.0 cm³/mol. The number of aryl methyl sites for hydroxylation is 1. The Morgan fingerprint density at radius 3 is 3.06 bits per heavy atom. The van der Waals surface area contributed by atoms with Crippen LogP contribution in [0, 0.1) is 6.92 Å². The van der Waals surface area contributed by atoms with Gasteiger partial charge in [-0.15, -0.1) is 0 Å². The lowest BCUT2D eigenvalue weighted by Crippen LogP contribution is -2.06. The molecule has 0 fully saturated rings. The summed E-state index contributed by atoms with van der Waals surface area (Å²) in [4.78, 5) is 4.21. The van der Waals surface area contributed by atoms with Gasteiger partial charge in [-0.2, -0.15) is 11.3 Å². The van der Waals surface area contributed by atoms with E-state index in [1.54, 1.807) is 24.6 Å². The van der Waals surface area contributed by atoms with Gasteiger partial charge in [-0.25, -0.2) is 0 Å². The summed E-state index contributed by atoms with van der Waals surface area (Å²) in [5, 5.41) is 7.66. The van der Waals surface area contributed by atoms with E-state index in [2.05, 4.69) is 27.1 Å². The lowest BCUT2D eigenvalue weighted by molar-refractivity contribution is 0.414.